The number of aromatic nitrogens is 2. The molecule has 1 fully saturated rings. The average Bonchev–Trinajstić information content (AvgIpc) is 2.57. The SMILES string of the molecule is Nc1ncc([C@H]2O[C@H](CO)[C@@H](O)[C@H]2O)c(=O)[nH]1. The van der Waals surface area contributed by atoms with E-state index in [1.165, 1.54) is 6.20 Å². The summed E-state index contributed by atoms with van der Waals surface area (Å²) in [6.07, 6.45) is -3.32. The molecule has 0 amide bonds. The molecule has 0 unspecified atom stereocenters. The zero-order valence-corrected chi connectivity index (χ0v) is 8.78. The maximum Gasteiger partial charge on any atom is 0.258 e. The van der Waals surface area contributed by atoms with Crippen molar-refractivity contribution < 1.29 is 20.1 Å². The Morgan fingerprint density at radius 2 is 2.18 bits per heavy atom. The number of rotatable bonds is 2. The van der Waals surface area contributed by atoms with E-state index < -0.39 is 36.6 Å². The molecule has 1 aromatic heterocycles. The summed E-state index contributed by atoms with van der Waals surface area (Å²) in [7, 11) is 0. The van der Waals surface area contributed by atoms with Gasteiger partial charge in [-0.2, -0.15) is 0 Å². The van der Waals surface area contributed by atoms with Crippen molar-refractivity contribution >= 4 is 5.95 Å². The van der Waals surface area contributed by atoms with Crippen LogP contribution in [-0.2, 0) is 4.74 Å². The van der Waals surface area contributed by atoms with Crippen LogP contribution in [0.25, 0.3) is 0 Å². The van der Waals surface area contributed by atoms with Gasteiger partial charge in [0.25, 0.3) is 5.56 Å². The Labute approximate surface area is 95.7 Å². The second kappa shape index (κ2) is 4.41. The standard InChI is InChI=1S/C9H13N3O5/c10-9-11-1-3(8(16)12-9)7-6(15)5(14)4(2-13)17-7/h1,4-7,13-15H,2H2,(H3,10,11,12,16)/t4-,5-,6-,7-/m1/s1. The monoisotopic (exact) mass is 243 g/mol. The molecule has 0 spiro atoms. The summed E-state index contributed by atoms with van der Waals surface area (Å²) in [5, 5.41) is 28.2. The first kappa shape index (κ1) is 12.0. The molecule has 94 valence electrons. The minimum Gasteiger partial charge on any atom is -0.394 e. The summed E-state index contributed by atoms with van der Waals surface area (Å²) >= 11 is 0. The van der Waals surface area contributed by atoms with E-state index in [9.17, 15) is 15.0 Å². The highest BCUT2D eigenvalue weighted by molar-refractivity contribution is 5.21. The lowest BCUT2D eigenvalue weighted by atomic mass is 10.0. The first-order valence-corrected chi connectivity index (χ1v) is 5.01. The van der Waals surface area contributed by atoms with Crippen LogP contribution < -0.4 is 11.3 Å². The van der Waals surface area contributed by atoms with E-state index in [2.05, 4.69) is 9.97 Å². The molecule has 0 aromatic carbocycles. The fourth-order valence-electron chi connectivity index (χ4n) is 1.78. The smallest absolute Gasteiger partial charge is 0.258 e. The fraction of sp³-hybridized carbons (Fsp3) is 0.556. The molecule has 4 atom stereocenters. The normalized spacial score (nSPS) is 32.9. The van der Waals surface area contributed by atoms with Crippen LogP contribution in [0.4, 0.5) is 5.95 Å². The van der Waals surface area contributed by atoms with Gasteiger partial charge in [-0.25, -0.2) is 4.98 Å². The molecular formula is C9H13N3O5. The van der Waals surface area contributed by atoms with E-state index in [0.29, 0.717) is 0 Å². The largest absolute Gasteiger partial charge is 0.394 e. The lowest BCUT2D eigenvalue weighted by Crippen LogP contribution is -2.33. The molecule has 17 heavy (non-hydrogen) atoms. The Kier molecular flexibility index (Phi) is 3.11. The van der Waals surface area contributed by atoms with Gasteiger partial charge < -0.3 is 25.8 Å². The summed E-state index contributed by atoms with van der Waals surface area (Å²) in [4.78, 5) is 17.5. The highest BCUT2D eigenvalue weighted by Gasteiger charge is 2.44. The number of ether oxygens (including phenoxy) is 1. The third kappa shape index (κ3) is 2.03. The molecule has 1 aliphatic heterocycles. The Morgan fingerprint density at radius 1 is 1.47 bits per heavy atom. The predicted octanol–water partition coefficient (Wildman–Crippen LogP) is -2.49. The second-order valence-electron chi connectivity index (χ2n) is 3.81. The fourth-order valence-corrected chi connectivity index (χ4v) is 1.78. The van der Waals surface area contributed by atoms with Crippen molar-refractivity contribution in [1.82, 2.24) is 9.97 Å². The molecule has 0 aliphatic carbocycles. The van der Waals surface area contributed by atoms with Gasteiger partial charge in [-0.3, -0.25) is 9.78 Å². The van der Waals surface area contributed by atoms with Gasteiger partial charge in [0.05, 0.1) is 12.2 Å². The average molecular weight is 243 g/mol. The third-order valence-corrected chi connectivity index (χ3v) is 2.70. The van der Waals surface area contributed by atoms with Gasteiger partial charge in [0, 0.05) is 6.20 Å². The van der Waals surface area contributed by atoms with Crippen LogP contribution in [0.15, 0.2) is 11.0 Å². The van der Waals surface area contributed by atoms with Gasteiger partial charge >= 0.3 is 0 Å². The van der Waals surface area contributed by atoms with Crippen molar-refractivity contribution in [3.63, 3.8) is 0 Å². The number of aliphatic hydroxyl groups is 3. The van der Waals surface area contributed by atoms with Gasteiger partial charge in [-0.05, 0) is 0 Å². The van der Waals surface area contributed by atoms with Crippen LogP contribution >= 0.6 is 0 Å². The van der Waals surface area contributed by atoms with Gasteiger partial charge in [0.2, 0.25) is 0 Å². The van der Waals surface area contributed by atoms with Crippen molar-refractivity contribution in [3.8, 4) is 0 Å². The molecule has 1 aliphatic rings. The first-order valence-electron chi connectivity index (χ1n) is 5.01. The number of hydrogen-bond donors (Lipinski definition) is 5. The van der Waals surface area contributed by atoms with Crippen LogP contribution in [0.2, 0.25) is 0 Å². The molecule has 8 nitrogen and oxygen atoms in total. The van der Waals surface area contributed by atoms with Crippen molar-refractivity contribution in [2.45, 2.75) is 24.4 Å². The van der Waals surface area contributed by atoms with Crippen molar-refractivity contribution in [2.75, 3.05) is 12.3 Å². The Morgan fingerprint density at radius 3 is 2.71 bits per heavy atom. The van der Waals surface area contributed by atoms with Gasteiger partial charge in [0.1, 0.15) is 24.4 Å². The summed E-state index contributed by atoms with van der Waals surface area (Å²) < 4.78 is 5.19. The van der Waals surface area contributed by atoms with Crippen LogP contribution in [0.3, 0.4) is 0 Å². The number of H-pyrrole nitrogens is 1. The molecular weight excluding hydrogens is 230 g/mol. The maximum absolute atomic E-state index is 11.6. The van der Waals surface area contributed by atoms with Crippen molar-refractivity contribution in [3.05, 3.63) is 22.1 Å². The van der Waals surface area contributed by atoms with E-state index in [1.54, 1.807) is 0 Å². The van der Waals surface area contributed by atoms with Gasteiger partial charge in [0.15, 0.2) is 5.95 Å². The van der Waals surface area contributed by atoms with E-state index >= 15 is 0 Å². The molecule has 1 aromatic rings. The third-order valence-electron chi connectivity index (χ3n) is 2.70. The number of nitrogen functional groups attached to an aromatic ring is 1. The topological polar surface area (TPSA) is 142 Å². The quantitative estimate of drug-likeness (QED) is 0.386. The van der Waals surface area contributed by atoms with Gasteiger partial charge in [-0.15, -0.1) is 0 Å². The highest BCUT2D eigenvalue weighted by atomic mass is 16.6. The van der Waals surface area contributed by atoms with Crippen LogP contribution in [0.5, 0.6) is 0 Å². The second-order valence-corrected chi connectivity index (χ2v) is 3.81. The number of nitrogens with two attached hydrogens (primary N) is 1. The molecule has 0 radical (unpaired) electrons. The molecule has 0 saturated carbocycles. The van der Waals surface area contributed by atoms with E-state index in [-0.39, 0.29) is 11.5 Å². The Hall–Kier alpha value is -1.48. The van der Waals surface area contributed by atoms with E-state index in [0.717, 1.165) is 0 Å². The van der Waals surface area contributed by atoms with Gasteiger partial charge in [-0.1, -0.05) is 0 Å². The van der Waals surface area contributed by atoms with E-state index in [1.807, 2.05) is 0 Å². The molecule has 2 heterocycles. The summed E-state index contributed by atoms with van der Waals surface area (Å²) in [5.41, 5.74) is 4.79. The van der Waals surface area contributed by atoms with Crippen LogP contribution in [0.1, 0.15) is 11.7 Å². The predicted molar refractivity (Wildman–Crippen MR) is 56.0 cm³/mol. The number of nitrogens with zero attached hydrogens (tertiary/aromatic N) is 1. The van der Waals surface area contributed by atoms with E-state index in [4.69, 9.17) is 15.6 Å². The minimum atomic E-state index is -1.29. The lowest BCUT2D eigenvalue weighted by molar-refractivity contribution is -0.0232. The number of anilines is 1. The molecule has 1 saturated heterocycles. The number of aliphatic hydroxyl groups excluding tert-OH is 3. The Bertz CT molecular complexity index is 462. The zero-order chi connectivity index (χ0) is 12.6. The summed E-state index contributed by atoms with van der Waals surface area (Å²) in [6.45, 7) is -0.449. The zero-order valence-electron chi connectivity index (χ0n) is 8.78. The highest BCUT2D eigenvalue weighted by Crippen LogP contribution is 2.31. The molecule has 8 heteroatoms. The summed E-state index contributed by atoms with van der Waals surface area (Å²) in [6, 6.07) is 0. The molecule has 2 rings (SSSR count). The number of nitrogens with one attached hydrogen (secondary N) is 1. The molecule has 6 N–H and O–H groups in total. The number of hydrogen-bond acceptors (Lipinski definition) is 7. The lowest BCUT2D eigenvalue weighted by Gasteiger charge is -2.13. The molecule has 0 bridgehead atoms. The van der Waals surface area contributed by atoms with Crippen LogP contribution in [0, 0.1) is 0 Å². The van der Waals surface area contributed by atoms with Crippen molar-refractivity contribution in [1.29, 1.82) is 0 Å². The van der Waals surface area contributed by atoms with Crippen molar-refractivity contribution in [2.24, 2.45) is 0 Å². The maximum atomic E-state index is 11.6. The first-order chi connectivity index (χ1) is 8.04. The van der Waals surface area contributed by atoms with Crippen LogP contribution in [-0.4, -0.2) is 50.2 Å². The summed E-state index contributed by atoms with van der Waals surface area (Å²) in [5.74, 6) is -0.0505. The minimum absolute atomic E-state index is 0.0505. The number of aromatic amines is 1. The Balaban J connectivity index is 2.32.